The number of carbonyl (C=O) groups excluding carboxylic acids is 3. The lowest BCUT2D eigenvalue weighted by Gasteiger charge is -2.29. The maximum atomic E-state index is 14.0. The first-order valence-electron chi connectivity index (χ1n) is 16.6. The van der Waals surface area contributed by atoms with Gasteiger partial charge in [0.15, 0.2) is 5.78 Å². The van der Waals surface area contributed by atoms with E-state index in [0.29, 0.717) is 51.9 Å². The summed E-state index contributed by atoms with van der Waals surface area (Å²) < 4.78 is 11.0. The average Bonchev–Trinajstić information content (AvgIpc) is 3.59. The Hall–Kier alpha value is -3.80. The Kier molecular flexibility index (Phi) is 15.2. The Morgan fingerprint density at radius 1 is 0.894 bits per heavy atom. The van der Waals surface area contributed by atoms with Crippen LogP contribution < -0.4 is 16.0 Å². The second-order valence-corrected chi connectivity index (χ2v) is 13.4. The first kappa shape index (κ1) is 36.0. The van der Waals surface area contributed by atoms with E-state index in [2.05, 4.69) is 50.1 Å². The van der Waals surface area contributed by atoms with E-state index < -0.39 is 12.1 Å². The molecule has 1 fully saturated rings. The van der Waals surface area contributed by atoms with Gasteiger partial charge in [0, 0.05) is 44.3 Å². The van der Waals surface area contributed by atoms with E-state index in [1.54, 1.807) is 11.7 Å². The first-order chi connectivity index (χ1) is 22.8. The van der Waals surface area contributed by atoms with Crippen LogP contribution in [0.4, 0.5) is 9.59 Å². The van der Waals surface area contributed by atoms with E-state index >= 15 is 0 Å². The van der Waals surface area contributed by atoms with Crippen LogP contribution in [-0.4, -0.2) is 78.8 Å². The lowest BCUT2D eigenvalue weighted by Crippen LogP contribution is -2.49. The number of rotatable bonds is 18. The number of benzene rings is 2. The van der Waals surface area contributed by atoms with E-state index in [4.69, 9.17) is 9.47 Å². The predicted octanol–water partition coefficient (Wildman–Crippen LogP) is 5.38. The molecule has 0 radical (unpaired) electrons. The van der Waals surface area contributed by atoms with E-state index in [1.807, 2.05) is 50.2 Å². The van der Waals surface area contributed by atoms with E-state index in [0.717, 1.165) is 35.5 Å². The van der Waals surface area contributed by atoms with Gasteiger partial charge >= 0.3 is 12.1 Å². The number of amides is 3. The van der Waals surface area contributed by atoms with Crippen LogP contribution in [0.5, 0.6) is 0 Å². The number of morpholine rings is 1. The molecular weight excluding hydrogens is 614 g/mol. The molecule has 0 unspecified atom stereocenters. The van der Waals surface area contributed by atoms with Crippen molar-refractivity contribution in [3.63, 3.8) is 0 Å². The second-order valence-electron chi connectivity index (χ2n) is 12.4. The van der Waals surface area contributed by atoms with E-state index in [-0.39, 0.29) is 36.4 Å². The van der Waals surface area contributed by atoms with Crippen LogP contribution in [0.2, 0.25) is 0 Å². The number of nitrogens with zero attached hydrogens (tertiary/aromatic N) is 2. The molecule has 0 aliphatic carbocycles. The van der Waals surface area contributed by atoms with Crippen molar-refractivity contribution in [2.24, 2.45) is 5.92 Å². The van der Waals surface area contributed by atoms with Crippen LogP contribution in [0.1, 0.15) is 55.5 Å². The summed E-state index contributed by atoms with van der Waals surface area (Å²) in [6.45, 7) is 7.66. The zero-order valence-corrected chi connectivity index (χ0v) is 28.4. The van der Waals surface area contributed by atoms with Crippen LogP contribution in [0, 0.1) is 5.92 Å². The van der Waals surface area contributed by atoms with Crippen molar-refractivity contribution < 1.29 is 23.9 Å². The molecule has 0 saturated carbocycles. The van der Waals surface area contributed by atoms with Gasteiger partial charge in [-0.05, 0) is 63.0 Å². The zero-order chi connectivity index (χ0) is 33.3. The molecule has 1 aliphatic rings. The van der Waals surface area contributed by atoms with Crippen molar-refractivity contribution >= 4 is 29.2 Å². The largest absolute Gasteiger partial charge is 0.444 e. The summed E-state index contributed by atoms with van der Waals surface area (Å²) in [6.07, 6.45) is 4.80. The summed E-state index contributed by atoms with van der Waals surface area (Å²) in [7, 11) is 0. The SMILES string of the molecule is CC(C)NC(=O)N[C@@H](CCN1CCOCC1)C(=O)C[C@H](CC[C@H](Cc1ccccc1)NC(=O)OCc1cncs1)Cc1ccccc1. The van der Waals surface area contributed by atoms with E-state index in [9.17, 15) is 14.4 Å². The Morgan fingerprint density at radius 3 is 2.21 bits per heavy atom. The van der Waals surface area contributed by atoms with Crippen LogP contribution in [0.25, 0.3) is 0 Å². The molecule has 2 heterocycles. The molecule has 3 aromatic rings. The molecule has 254 valence electrons. The number of carbonyl (C=O) groups is 3. The number of ketones is 1. The second kappa shape index (κ2) is 19.8. The fourth-order valence-corrected chi connectivity index (χ4v) is 6.29. The van der Waals surface area contributed by atoms with Gasteiger partial charge in [0.1, 0.15) is 6.61 Å². The standard InChI is InChI=1S/C36H49N5O5S/c1-27(2)38-35(43)40-33(15-16-41-17-19-45-20-18-41)34(42)23-30(21-28-9-5-3-6-10-28)13-14-31(22-29-11-7-4-8-12-29)39-36(44)46-25-32-24-37-26-47-32/h3-12,24,26-27,30-31,33H,13-23,25H2,1-2H3,(H,39,44)(H2,38,40,43)/t30-,31-,33+/m1/s1. The minimum Gasteiger partial charge on any atom is -0.444 e. The summed E-state index contributed by atoms with van der Waals surface area (Å²) >= 11 is 1.44. The van der Waals surface area contributed by atoms with Gasteiger partial charge in [0.05, 0.1) is 29.6 Å². The van der Waals surface area contributed by atoms with Crippen LogP contribution in [-0.2, 0) is 33.7 Å². The monoisotopic (exact) mass is 663 g/mol. The highest BCUT2D eigenvalue weighted by atomic mass is 32.1. The van der Waals surface area contributed by atoms with Gasteiger partial charge in [-0.15, -0.1) is 11.3 Å². The summed E-state index contributed by atoms with van der Waals surface area (Å²) in [5.74, 6) is 0.0358. The Labute approximate surface area is 282 Å². The molecule has 1 aromatic heterocycles. The molecular formula is C36H49N5O5S. The minimum absolute atomic E-state index is 0.0130. The predicted molar refractivity (Wildman–Crippen MR) is 184 cm³/mol. The highest BCUT2D eigenvalue weighted by molar-refractivity contribution is 7.09. The van der Waals surface area contributed by atoms with Crippen molar-refractivity contribution in [3.8, 4) is 0 Å². The van der Waals surface area contributed by atoms with Crippen molar-refractivity contribution in [3.05, 3.63) is 88.4 Å². The maximum absolute atomic E-state index is 14.0. The average molecular weight is 664 g/mol. The van der Waals surface area contributed by atoms with Gasteiger partial charge in [-0.1, -0.05) is 60.7 Å². The number of hydrogen-bond acceptors (Lipinski definition) is 8. The molecule has 10 nitrogen and oxygen atoms in total. The van der Waals surface area contributed by atoms with Gasteiger partial charge < -0.3 is 25.4 Å². The zero-order valence-electron chi connectivity index (χ0n) is 27.6. The highest BCUT2D eigenvalue weighted by Crippen LogP contribution is 2.22. The summed E-state index contributed by atoms with van der Waals surface area (Å²) in [5, 5.41) is 8.92. The Bertz CT molecular complexity index is 1340. The smallest absolute Gasteiger partial charge is 0.407 e. The number of thiazole rings is 1. The molecule has 4 rings (SSSR count). The third-order valence-corrected chi connectivity index (χ3v) is 8.96. The number of aromatic nitrogens is 1. The lowest BCUT2D eigenvalue weighted by molar-refractivity contribution is -0.122. The van der Waals surface area contributed by atoms with Gasteiger partial charge in [-0.2, -0.15) is 0 Å². The van der Waals surface area contributed by atoms with Crippen LogP contribution in [0.15, 0.2) is 72.4 Å². The number of alkyl carbamates (subject to hydrolysis) is 1. The number of ether oxygens (including phenoxy) is 2. The maximum Gasteiger partial charge on any atom is 0.407 e. The third kappa shape index (κ3) is 13.8. The van der Waals surface area contributed by atoms with Crippen LogP contribution in [0.3, 0.4) is 0 Å². The molecule has 0 bridgehead atoms. The number of hydrogen-bond donors (Lipinski definition) is 3. The van der Waals surface area contributed by atoms with Gasteiger partial charge in [-0.25, -0.2) is 9.59 Å². The number of Topliss-reactive ketones (excluding diaryl/α,β-unsaturated/α-hetero) is 1. The molecule has 1 aliphatic heterocycles. The molecule has 11 heteroatoms. The molecule has 3 atom stereocenters. The fraction of sp³-hybridized carbons (Fsp3) is 0.500. The van der Waals surface area contributed by atoms with Crippen molar-refractivity contribution in [2.75, 3.05) is 32.8 Å². The highest BCUT2D eigenvalue weighted by Gasteiger charge is 2.26. The van der Waals surface area contributed by atoms with Crippen molar-refractivity contribution in [1.82, 2.24) is 25.8 Å². The van der Waals surface area contributed by atoms with Crippen LogP contribution >= 0.6 is 11.3 Å². The van der Waals surface area contributed by atoms with Crippen molar-refractivity contribution in [1.29, 1.82) is 0 Å². The molecule has 47 heavy (non-hydrogen) atoms. The summed E-state index contributed by atoms with van der Waals surface area (Å²) in [5.41, 5.74) is 3.97. The van der Waals surface area contributed by atoms with Gasteiger partial charge in [-0.3, -0.25) is 14.7 Å². The van der Waals surface area contributed by atoms with Crippen molar-refractivity contribution in [2.45, 2.75) is 77.1 Å². The molecule has 2 aromatic carbocycles. The third-order valence-electron chi connectivity index (χ3n) is 8.21. The molecule has 3 N–H and O–H groups in total. The summed E-state index contributed by atoms with van der Waals surface area (Å²) in [4.78, 5) is 46.8. The molecule has 0 spiro atoms. The summed E-state index contributed by atoms with van der Waals surface area (Å²) in [6, 6.07) is 19.1. The molecule has 1 saturated heterocycles. The fourth-order valence-electron chi connectivity index (χ4n) is 5.78. The quantitative estimate of drug-likeness (QED) is 0.167. The van der Waals surface area contributed by atoms with E-state index in [1.165, 1.54) is 11.3 Å². The number of nitrogens with one attached hydrogen (secondary N) is 3. The topological polar surface area (TPSA) is 122 Å². The lowest BCUT2D eigenvalue weighted by atomic mass is 9.86. The van der Waals surface area contributed by atoms with Gasteiger partial charge in [0.2, 0.25) is 0 Å². The van der Waals surface area contributed by atoms with Gasteiger partial charge in [0.25, 0.3) is 0 Å². The molecule has 3 amide bonds. The number of urea groups is 1. The Morgan fingerprint density at radius 2 is 1.57 bits per heavy atom. The first-order valence-corrected chi connectivity index (χ1v) is 17.5. The minimum atomic E-state index is -0.602. The Balaban J connectivity index is 1.45. The normalized spacial score (nSPS) is 15.4.